The van der Waals surface area contributed by atoms with E-state index in [2.05, 4.69) is 4.98 Å². The summed E-state index contributed by atoms with van der Waals surface area (Å²) in [6.45, 7) is 0. The van der Waals surface area contributed by atoms with Crippen molar-refractivity contribution < 1.29 is 4.79 Å². The summed E-state index contributed by atoms with van der Waals surface area (Å²) in [5, 5.41) is 1.06. The van der Waals surface area contributed by atoms with E-state index in [0.717, 1.165) is 42.1 Å². The average molecular weight is 268 g/mol. The van der Waals surface area contributed by atoms with Crippen LogP contribution in [-0.2, 0) is 11.2 Å². The molecule has 20 heavy (non-hydrogen) atoms. The van der Waals surface area contributed by atoms with Crippen molar-refractivity contribution in [3.05, 3.63) is 42.1 Å². The van der Waals surface area contributed by atoms with E-state index in [4.69, 9.17) is 5.73 Å². The molecular formula is C17H20N2O. The maximum Gasteiger partial charge on any atom is 0.157 e. The number of aromatic nitrogens is 1. The van der Waals surface area contributed by atoms with Gasteiger partial charge < -0.3 is 5.73 Å². The van der Waals surface area contributed by atoms with E-state index in [1.807, 2.05) is 30.3 Å². The van der Waals surface area contributed by atoms with E-state index < -0.39 is 5.54 Å². The summed E-state index contributed by atoms with van der Waals surface area (Å²) in [5.41, 5.74) is 7.70. The van der Waals surface area contributed by atoms with E-state index in [1.165, 1.54) is 6.42 Å². The molecule has 0 amide bonds. The van der Waals surface area contributed by atoms with Gasteiger partial charge in [0.2, 0.25) is 0 Å². The third kappa shape index (κ3) is 2.46. The first-order chi connectivity index (χ1) is 9.69. The second-order valence-corrected chi connectivity index (χ2v) is 5.80. The van der Waals surface area contributed by atoms with Crippen LogP contribution in [0.3, 0.4) is 0 Å². The number of hydrogen-bond donors (Lipinski definition) is 1. The van der Waals surface area contributed by atoms with Crippen molar-refractivity contribution in [3.63, 3.8) is 0 Å². The fourth-order valence-corrected chi connectivity index (χ4v) is 3.12. The molecular weight excluding hydrogens is 248 g/mol. The zero-order chi connectivity index (χ0) is 14.0. The molecule has 0 bridgehead atoms. The lowest BCUT2D eigenvalue weighted by Crippen LogP contribution is -2.50. The Morgan fingerprint density at radius 3 is 2.70 bits per heavy atom. The highest BCUT2D eigenvalue weighted by atomic mass is 16.1. The molecule has 1 aliphatic rings. The number of pyridine rings is 1. The molecule has 104 valence electrons. The van der Waals surface area contributed by atoms with Crippen LogP contribution in [0.1, 0.15) is 37.7 Å². The molecule has 3 heteroatoms. The minimum absolute atomic E-state index is 0.175. The minimum Gasteiger partial charge on any atom is -0.319 e. The molecule has 1 heterocycles. The third-order valence-electron chi connectivity index (χ3n) is 4.39. The first-order valence-electron chi connectivity index (χ1n) is 7.34. The number of carbonyl (C=O) groups excluding carboxylic acids is 1. The van der Waals surface area contributed by atoms with Gasteiger partial charge >= 0.3 is 0 Å². The molecule has 2 N–H and O–H groups in total. The van der Waals surface area contributed by atoms with Crippen LogP contribution >= 0.6 is 0 Å². The van der Waals surface area contributed by atoms with Gasteiger partial charge in [-0.05, 0) is 30.5 Å². The zero-order valence-electron chi connectivity index (χ0n) is 11.6. The van der Waals surface area contributed by atoms with Gasteiger partial charge in [-0.3, -0.25) is 9.78 Å². The average Bonchev–Trinajstić information content (AvgIpc) is 2.48. The fraction of sp³-hybridized carbons (Fsp3) is 0.412. The summed E-state index contributed by atoms with van der Waals surface area (Å²) in [5.74, 6) is 0.175. The number of carbonyl (C=O) groups is 1. The van der Waals surface area contributed by atoms with E-state index in [0.29, 0.717) is 6.42 Å². The number of fused-ring (bicyclic) bond motifs is 1. The van der Waals surface area contributed by atoms with Crippen molar-refractivity contribution in [3.8, 4) is 0 Å². The standard InChI is InChI=1S/C17H20N2O/c18-17(9-4-1-5-10-17)16(20)12-13-8-11-19-15-7-3-2-6-14(13)15/h2-3,6-8,11H,1,4-5,9-10,12,18H2. The summed E-state index contributed by atoms with van der Waals surface area (Å²) in [4.78, 5) is 16.9. The van der Waals surface area contributed by atoms with Gasteiger partial charge in [0.1, 0.15) is 0 Å². The largest absolute Gasteiger partial charge is 0.319 e. The Bertz CT molecular complexity index is 624. The lowest BCUT2D eigenvalue weighted by atomic mass is 9.77. The van der Waals surface area contributed by atoms with Gasteiger partial charge in [0.05, 0.1) is 11.1 Å². The van der Waals surface area contributed by atoms with Crippen LogP contribution in [-0.4, -0.2) is 16.3 Å². The van der Waals surface area contributed by atoms with Crippen LogP contribution in [0.5, 0.6) is 0 Å². The van der Waals surface area contributed by atoms with Crippen LogP contribution < -0.4 is 5.73 Å². The van der Waals surface area contributed by atoms with Gasteiger partial charge in [-0.15, -0.1) is 0 Å². The van der Waals surface area contributed by atoms with E-state index in [-0.39, 0.29) is 5.78 Å². The van der Waals surface area contributed by atoms with Crippen molar-refractivity contribution >= 4 is 16.7 Å². The van der Waals surface area contributed by atoms with Crippen molar-refractivity contribution in [1.29, 1.82) is 0 Å². The second-order valence-electron chi connectivity index (χ2n) is 5.80. The topological polar surface area (TPSA) is 56.0 Å². The van der Waals surface area contributed by atoms with Crippen LogP contribution in [0.4, 0.5) is 0 Å². The number of ketones is 1. The first kappa shape index (κ1) is 13.3. The van der Waals surface area contributed by atoms with E-state index in [9.17, 15) is 4.79 Å². The van der Waals surface area contributed by atoms with Gasteiger partial charge in [0.15, 0.2) is 5.78 Å². The summed E-state index contributed by atoms with van der Waals surface area (Å²) >= 11 is 0. The quantitative estimate of drug-likeness (QED) is 0.931. The Kier molecular flexibility index (Phi) is 3.53. The number of para-hydroxylation sites is 1. The molecule has 0 radical (unpaired) electrons. The smallest absolute Gasteiger partial charge is 0.157 e. The Labute approximate surface area is 119 Å². The van der Waals surface area contributed by atoms with Crippen molar-refractivity contribution in [2.45, 2.75) is 44.1 Å². The summed E-state index contributed by atoms with van der Waals surface area (Å²) in [7, 11) is 0. The predicted molar refractivity (Wildman–Crippen MR) is 80.5 cm³/mol. The monoisotopic (exact) mass is 268 g/mol. The van der Waals surface area contributed by atoms with Crippen LogP contribution in [0, 0.1) is 0 Å². The minimum atomic E-state index is -0.609. The Morgan fingerprint density at radius 1 is 1.15 bits per heavy atom. The van der Waals surface area contributed by atoms with Gasteiger partial charge in [0, 0.05) is 18.0 Å². The fourth-order valence-electron chi connectivity index (χ4n) is 3.12. The summed E-state index contributed by atoms with van der Waals surface area (Å²) in [6.07, 6.45) is 7.18. The highest BCUT2D eigenvalue weighted by molar-refractivity contribution is 5.94. The van der Waals surface area contributed by atoms with Gasteiger partial charge in [0.25, 0.3) is 0 Å². The van der Waals surface area contributed by atoms with Gasteiger partial charge in [-0.1, -0.05) is 37.5 Å². The van der Waals surface area contributed by atoms with Crippen LogP contribution in [0.25, 0.3) is 10.9 Å². The number of hydrogen-bond acceptors (Lipinski definition) is 3. The first-order valence-corrected chi connectivity index (χ1v) is 7.34. The Balaban J connectivity index is 1.87. The normalized spacial score (nSPS) is 18.1. The Hall–Kier alpha value is -1.74. The highest BCUT2D eigenvalue weighted by Crippen LogP contribution is 2.28. The Morgan fingerprint density at radius 2 is 1.90 bits per heavy atom. The van der Waals surface area contributed by atoms with E-state index >= 15 is 0 Å². The molecule has 0 atom stereocenters. The maximum absolute atomic E-state index is 12.6. The molecule has 3 nitrogen and oxygen atoms in total. The van der Waals surface area contributed by atoms with Crippen molar-refractivity contribution in [2.75, 3.05) is 0 Å². The lowest BCUT2D eigenvalue weighted by Gasteiger charge is -2.32. The number of nitrogens with zero attached hydrogens (tertiary/aromatic N) is 1. The van der Waals surface area contributed by atoms with Crippen molar-refractivity contribution in [2.24, 2.45) is 5.73 Å². The number of rotatable bonds is 3. The molecule has 0 saturated heterocycles. The second kappa shape index (κ2) is 5.33. The van der Waals surface area contributed by atoms with Gasteiger partial charge in [-0.25, -0.2) is 0 Å². The summed E-state index contributed by atoms with van der Waals surface area (Å²) < 4.78 is 0. The molecule has 2 aromatic rings. The molecule has 0 spiro atoms. The van der Waals surface area contributed by atoms with Crippen LogP contribution in [0.15, 0.2) is 36.5 Å². The third-order valence-corrected chi connectivity index (χ3v) is 4.39. The zero-order valence-corrected chi connectivity index (χ0v) is 11.6. The molecule has 0 aliphatic heterocycles. The summed E-state index contributed by atoms with van der Waals surface area (Å²) in [6, 6.07) is 9.88. The molecule has 1 aromatic heterocycles. The number of benzene rings is 1. The molecule has 3 rings (SSSR count). The number of nitrogens with two attached hydrogens (primary N) is 1. The highest BCUT2D eigenvalue weighted by Gasteiger charge is 2.34. The molecule has 1 aliphatic carbocycles. The van der Waals surface area contributed by atoms with Crippen molar-refractivity contribution in [1.82, 2.24) is 4.98 Å². The molecule has 1 aromatic carbocycles. The lowest BCUT2D eigenvalue weighted by molar-refractivity contribution is -0.124. The SMILES string of the molecule is NC1(C(=O)Cc2ccnc3ccccc23)CCCCC1. The number of Topliss-reactive ketones (excluding diaryl/α,β-unsaturated/α-hetero) is 1. The predicted octanol–water partition coefficient (Wildman–Crippen LogP) is 3.01. The molecule has 1 saturated carbocycles. The molecule has 0 unspecified atom stereocenters. The van der Waals surface area contributed by atoms with E-state index in [1.54, 1.807) is 6.20 Å². The molecule has 1 fully saturated rings. The maximum atomic E-state index is 12.6. The van der Waals surface area contributed by atoms with Crippen LogP contribution in [0.2, 0.25) is 0 Å². The van der Waals surface area contributed by atoms with Gasteiger partial charge in [-0.2, -0.15) is 0 Å².